The molecule has 1 aliphatic rings. The maximum atomic E-state index is 11.8. The van der Waals surface area contributed by atoms with Crippen molar-refractivity contribution in [2.45, 2.75) is 24.6 Å². The lowest BCUT2D eigenvalue weighted by atomic mass is 10.2. The van der Waals surface area contributed by atoms with Crippen LogP contribution in [0.1, 0.15) is 18.4 Å². The van der Waals surface area contributed by atoms with E-state index in [2.05, 4.69) is 27.2 Å². The van der Waals surface area contributed by atoms with Gasteiger partial charge in [-0.05, 0) is 31.0 Å². The number of hydrogen-bond donors (Lipinski definition) is 1. The van der Waals surface area contributed by atoms with E-state index in [1.807, 2.05) is 18.2 Å². The minimum absolute atomic E-state index is 0.214. The molecule has 0 saturated carbocycles. The molecule has 1 N–H and O–H groups in total. The molecule has 1 heterocycles. The zero-order valence-electron chi connectivity index (χ0n) is 11.6. The van der Waals surface area contributed by atoms with Gasteiger partial charge in [-0.3, -0.25) is 0 Å². The topological polar surface area (TPSA) is 55.4 Å². The minimum atomic E-state index is -2.90. The molecule has 1 aromatic carbocycles. The molecular formula is C15H18BrNO3S. The molecule has 1 unspecified atom stereocenters. The van der Waals surface area contributed by atoms with E-state index in [0.717, 1.165) is 28.6 Å². The fourth-order valence-electron chi connectivity index (χ4n) is 2.40. The summed E-state index contributed by atoms with van der Waals surface area (Å²) in [5.74, 6) is 3.47. The number of ether oxygens (including phenoxy) is 1. The molecule has 1 atom stereocenters. The summed E-state index contributed by atoms with van der Waals surface area (Å²) in [7, 11) is -2.90. The van der Waals surface area contributed by atoms with Crippen molar-refractivity contribution in [1.29, 1.82) is 0 Å². The van der Waals surface area contributed by atoms with Crippen LogP contribution in [0.3, 0.4) is 0 Å². The van der Waals surface area contributed by atoms with Crippen LogP contribution >= 0.6 is 15.9 Å². The fourth-order valence-corrected chi connectivity index (χ4v) is 4.61. The van der Waals surface area contributed by atoms with E-state index in [-0.39, 0.29) is 11.9 Å². The van der Waals surface area contributed by atoms with Crippen LogP contribution in [-0.2, 0) is 16.4 Å². The normalized spacial score (nSPS) is 20.1. The molecule has 21 heavy (non-hydrogen) atoms. The number of hydrogen-bond acceptors (Lipinski definition) is 4. The van der Waals surface area contributed by atoms with Crippen LogP contribution in [0, 0.1) is 12.3 Å². The van der Waals surface area contributed by atoms with E-state index >= 15 is 0 Å². The van der Waals surface area contributed by atoms with Gasteiger partial charge >= 0.3 is 0 Å². The lowest BCUT2D eigenvalue weighted by Crippen LogP contribution is -2.30. The predicted octanol–water partition coefficient (Wildman–Crippen LogP) is 2.13. The molecule has 0 radical (unpaired) electrons. The van der Waals surface area contributed by atoms with Crippen molar-refractivity contribution in [1.82, 2.24) is 5.32 Å². The molecule has 0 amide bonds. The van der Waals surface area contributed by atoms with Crippen LogP contribution in [-0.4, -0.2) is 32.6 Å². The van der Waals surface area contributed by atoms with Crippen molar-refractivity contribution in [3.05, 3.63) is 28.2 Å². The molecule has 1 aliphatic heterocycles. The van der Waals surface area contributed by atoms with Gasteiger partial charge in [0.05, 0.1) is 11.0 Å². The zero-order valence-corrected chi connectivity index (χ0v) is 14.0. The Morgan fingerprint density at radius 3 is 2.95 bits per heavy atom. The Kier molecular flexibility index (Phi) is 5.68. The van der Waals surface area contributed by atoms with Gasteiger partial charge in [0, 0.05) is 23.1 Å². The molecule has 0 aromatic heterocycles. The molecule has 1 saturated heterocycles. The summed E-state index contributed by atoms with van der Waals surface area (Å²) >= 11 is 3.42. The van der Waals surface area contributed by atoms with E-state index in [4.69, 9.17) is 11.2 Å². The number of sulfone groups is 1. The average Bonchev–Trinajstić information content (AvgIpc) is 2.77. The van der Waals surface area contributed by atoms with Crippen molar-refractivity contribution >= 4 is 25.8 Å². The number of terminal acetylenes is 1. The van der Waals surface area contributed by atoms with Gasteiger partial charge in [-0.1, -0.05) is 21.9 Å². The first-order chi connectivity index (χ1) is 10.0. The van der Waals surface area contributed by atoms with E-state index in [1.165, 1.54) is 0 Å². The number of benzene rings is 1. The van der Waals surface area contributed by atoms with Crippen LogP contribution < -0.4 is 10.1 Å². The van der Waals surface area contributed by atoms with Crippen LogP contribution in [0.15, 0.2) is 22.7 Å². The second kappa shape index (κ2) is 7.30. The van der Waals surface area contributed by atoms with Crippen molar-refractivity contribution < 1.29 is 13.2 Å². The third-order valence-corrected chi connectivity index (χ3v) is 6.25. The lowest BCUT2D eigenvalue weighted by Gasteiger charge is -2.13. The van der Waals surface area contributed by atoms with E-state index in [0.29, 0.717) is 18.8 Å². The molecule has 0 spiro atoms. The summed E-state index contributed by atoms with van der Waals surface area (Å²) < 4.78 is 30.0. The van der Waals surface area contributed by atoms with Gasteiger partial charge in [0.2, 0.25) is 0 Å². The van der Waals surface area contributed by atoms with Crippen LogP contribution in [0.25, 0.3) is 0 Å². The van der Waals surface area contributed by atoms with E-state index < -0.39 is 9.84 Å². The smallest absolute Gasteiger partial charge is 0.154 e. The highest BCUT2D eigenvalue weighted by atomic mass is 79.9. The van der Waals surface area contributed by atoms with Gasteiger partial charge in [-0.15, -0.1) is 6.42 Å². The van der Waals surface area contributed by atoms with Crippen LogP contribution in [0.2, 0.25) is 0 Å². The fraction of sp³-hybridized carbons (Fsp3) is 0.467. The maximum absolute atomic E-state index is 11.8. The van der Waals surface area contributed by atoms with Gasteiger partial charge in [0.1, 0.15) is 12.4 Å². The molecule has 6 heteroatoms. The molecule has 114 valence electrons. The summed E-state index contributed by atoms with van der Waals surface area (Å²) in [6, 6.07) is 5.68. The first-order valence-corrected chi connectivity index (χ1v) is 9.31. The summed E-state index contributed by atoms with van der Waals surface area (Å²) in [5.41, 5.74) is 0.954. The highest BCUT2D eigenvalue weighted by Crippen LogP contribution is 2.24. The molecule has 4 nitrogen and oxygen atoms in total. The van der Waals surface area contributed by atoms with Gasteiger partial charge in [0.15, 0.2) is 9.84 Å². The van der Waals surface area contributed by atoms with E-state index in [9.17, 15) is 8.42 Å². The first-order valence-electron chi connectivity index (χ1n) is 6.80. The lowest BCUT2D eigenvalue weighted by molar-refractivity contribution is 0.364. The summed E-state index contributed by atoms with van der Waals surface area (Å²) in [5, 5.41) is 2.95. The molecular weight excluding hydrogens is 354 g/mol. The Morgan fingerprint density at radius 2 is 2.29 bits per heavy atom. The van der Waals surface area contributed by atoms with Crippen LogP contribution in [0.5, 0.6) is 5.75 Å². The molecule has 0 bridgehead atoms. The largest absolute Gasteiger partial charge is 0.481 e. The summed E-state index contributed by atoms with van der Waals surface area (Å²) in [4.78, 5) is 0. The van der Waals surface area contributed by atoms with Crippen molar-refractivity contribution in [2.75, 3.05) is 18.9 Å². The van der Waals surface area contributed by atoms with Gasteiger partial charge in [-0.2, -0.15) is 0 Å². The van der Waals surface area contributed by atoms with Gasteiger partial charge in [0.25, 0.3) is 0 Å². The number of rotatable bonds is 6. The highest BCUT2D eigenvalue weighted by molar-refractivity contribution is 9.10. The highest BCUT2D eigenvalue weighted by Gasteiger charge is 2.30. The number of nitrogens with one attached hydrogen (secondary N) is 1. The SMILES string of the molecule is C#CCOc1ccc(Br)cc1CNCC1CCCS1(=O)=O. The maximum Gasteiger partial charge on any atom is 0.154 e. The predicted molar refractivity (Wildman–Crippen MR) is 87.0 cm³/mol. The third-order valence-electron chi connectivity index (χ3n) is 3.48. The third kappa shape index (κ3) is 4.47. The molecule has 0 aliphatic carbocycles. The Balaban J connectivity index is 1.96. The summed E-state index contributed by atoms with van der Waals surface area (Å²) in [6.45, 7) is 1.24. The molecule has 1 fully saturated rings. The van der Waals surface area contributed by atoms with Gasteiger partial charge in [-0.25, -0.2) is 8.42 Å². The monoisotopic (exact) mass is 371 g/mol. The van der Waals surface area contributed by atoms with E-state index in [1.54, 1.807) is 0 Å². The quantitative estimate of drug-likeness (QED) is 0.778. The van der Waals surface area contributed by atoms with Crippen LogP contribution in [0.4, 0.5) is 0 Å². The second-order valence-corrected chi connectivity index (χ2v) is 8.32. The standard InChI is InChI=1S/C15H18BrNO3S/c1-2-7-20-15-6-5-13(16)9-12(15)10-17-11-14-4-3-8-21(14,18)19/h1,5-6,9,14,17H,3-4,7-8,10-11H2. The number of halogens is 1. The zero-order chi connectivity index (χ0) is 15.3. The Hall–Kier alpha value is -1.03. The Labute approximate surface area is 134 Å². The molecule has 2 rings (SSSR count). The van der Waals surface area contributed by atoms with Gasteiger partial charge < -0.3 is 10.1 Å². The Morgan fingerprint density at radius 1 is 1.48 bits per heavy atom. The first kappa shape index (κ1) is 16.3. The Bertz CT molecular complexity index is 637. The minimum Gasteiger partial charge on any atom is -0.481 e. The molecule has 1 aromatic rings. The second-order valence-electron chi connectivity index (χ2n) is 5.01. The van der Waals surface area contributed by atoms with Crippen molar-refractivity contribution in [3.8, 4) is 18.1 Å². The summed E-state index contributed by atoms with van der Waals surface area (Å²) in [6.07, 6.45) is 6.71. The van der Waals surface area contributed by atoms with Crippen molar-refractivity contribution in [3.63, 3.8) is 0 Å². The van der Waals surface area contributed by atoms with Crippen molar-refractivity contribution in [2.24, 2.45) is 0 Å². The average molecular weight is 372 g/mol.